The summed E-state index contributed by atoms with van der Waals surface area (Å²) in [6.07, 6.45) is 7.00. The molecule has 1 aromatic carbocycles. The summed E-state index contributed by atoms with van der Waals surface area (Å²) in [5.41, 5.74) is 2.44. The highest BCUT2D eigenvalue weighted by Gasteiger charge is 2.19. The molecule has 1 nitrogen and oxygen atoms in total. The molecule has 1 unspecified atom stereocenters. The molecule has 1 aliphatic carbocycles. The van der Waals surface area contributed by atoms with Gasteiger partial charge >= 0.3 is 0 Å². The lowest BCUT2D eigenvalue weighted by Crippen LogP contribution is -2.34. The van der Waals surface area contributed by atoms with Crippen LogP contribution in [0.3, 0.4) is 0 Å². The first-order valence-corrected chi connectivity index (χ1v) is 7.53. The van der Waals surface area contributed by atoms with Crippen LogP contribution >= 0.6 is 11.6 Å². The van der Waals surface area contributed by atoms with Crippen molar-refractivity contribution < 1.29 is 0 Å². The Hall–Kier alpha value is -0.530. The van der Waals surface area contributed by atoms with E-state index in [1.165, 1.54) is 43.2 Å². The number of rotatable bonds is 4. The summed E-state index contributed by atoms with van der Waals surface area (Å²) in [6, 6.07) is 6.92. The van der Waals surface area contributed by atoms with Crippen molar-refractivity contribution in [2.45, 2.75) is 58.5 Å². The van der Waals surface area contributed by atoms with E-state index in [4.69, 9.17) is 11.6 Å². The van der Waals surface area contributed by atoms with Crippen molar-refractivity contribution in [3.05, 3.63) is 34.3 Å². The minimum absolute atomic E-state index is 0.600. The van der Waals surface area contributed by atoms with Gasteiger partial charge in [-0.15, -0.1) is 0 Å². The Bertz CT molecular complexity index is 383. The van der Waals surface area contributed by atoms with Gasteiger partial charge in [-0.3, -0.25) is 0 Å². The quantitative estimate of drug-likeness (QED) is 0.832. The summed E-state index contributed by atoms with van der Waals surface area (Å²) in [6.45, 7) is 5.28. The normalized spacial score (nSPS) is 18.8. The van der Waals surface area contributed by atoms with Crippen LogP contribution in [0.25, 0.3) is 0 Å². The second-order valence-electron chi connectivity index (χ2n) is 5.66. The predicted octanol–water partition coefficient (Wildman–Crippen LogP) is 4.71. The van der Waals surface area contributed by atoms with Crippen LogP contribution in [0.5, 0.6) is 0 Å². The molecule has 1 aromatic rings. The number of benzene rings is 1. The number of nitrogens with one attached hydrogen (secondary N) is 1. The van der Waals surface area contributed by atoms with Gasteiger partial charge in [0, 0.05) is 17.6 Å². The monoisotopic (exact) mass is 265 g/mol. The summed E-state index contributed by atoms with van der Waals surface area (Å²) < 4.78 is 0. The second kappa shape index (κ2) is 6.58. The Labute approximate surface area is 116 Å². The van der Waals surface area contributed by atoms with E-state index >= 15 is 0 Å². The highest BCUT2D eigenvalue weighted by molar-refractivity contribution is 6.31. The molecular formula is C16H24ClN. The smallest absolute Gasteiger partial charge is 0.0453 e. The maximum atomic E-state index is 6.26. The molecule has 100 valence electrons. The molecule has 2 heteroatoms. The molecule has 0 saturated heterocycles. The van der Waals surface area contributed by atoms with Crippen LogP contribution < -0.4 is 5.32 Å². The lowest BCUT2D eigenvalue weighted by Gasteiger charge is -2.28. The summed E-state index contributed by atoms with van der Waals surface area (Å²) in [5.74, 6) is 0.850. The standard InChI is InChI=1S/C16H24ClN/c1-12-8-9-15(16(17)10-12)11-18-13(2)14-6-4-3-5-7-14/h8-10,13-14,18H,3-7,11H2,1-2H3. The van der Waals surface area contributed by atoms with E-state index in [0.29, 0.717) is 6.04 Å². The summed E-state index contributed by atoms with van der Waals surface area (Å²) in [7, 11) is 0. The van der Waals surface area contributed by atoms with Crippen LogP contribution in [-0.4, -0.2) is 6.04 Å². The van der Waals surface area contributed by atoms with Crippen LogP contribution in [0.4, 0.5) is 0 Å². The molecule has 0 spiro atoms. The summed E-state index contributed by atoms with van der Waals surface area (Å²) in [4.78, 5) is 0. The maximum absolute atomic E-state index is 6.26. The molecule has 1 atom stereocenters. The van der Waals surface area contributed by atoms with E-state index in [1.54, 1.807) is 0 Å². The molecule has 2 rings (SSSR count). The molecule has 0 aromatic heterocycles. The molecule has 0 bridgehead atoms. The van der Waals surface area contributed by atoms with E-state index in [2.05, 4.69) is 31.3 Å². The molecule has 0 aliphatic heterocycles. The lowest BCUT2D eigenvalue weighted by atomic mass is 9.84. The van der Waals surface area contributed by atoms with E-state index in [1.807, 2.05) is 6.07 Å². The highest BCUT2D eigenvalue weighted by atomic mass is 35.5. The Morgan fingerprint density at radius 3 is 2.67 bits per heavy atom. The lowest BCUT2D eigenvalue weighted by molar-refractivity contribution is 0.280. The van der Waals surface area contributed by atoms with E-state index in [0.717, 1.165) is 17.5 Å². The number of halogens is 1. The third-order valence-electron chi connectivity index (χ3n) is 4.18. The predicted molar refractivity (Wildman–Crippen MR) is 79.1 cm³/mol. The van der Waals surface area contributed by atoms with Gasteiger partial charge < -0.3 is 5.32 Å². The van der Waals surface area contributed by atoms with E-state index < -0.39 is 0 Å². The van der Waals surface area contributed by atoms with Crippen molar-refractivity contribution in [3.63, 3.8) is 0 Å². The van der Waals surface area contributed by atoms with Gasteiger partial charge in [0.05, 0.1) is 0 Å². The number of aryl methyl sites for hydroxylation is 1. The molecule has 1 aliphatic rings. The molecule has 1 saturated carbocycles. The Morgan fingerprint density at radius 1 is 1.28 bits per heavy atom. The van der Waals surface area contributed by atoms with Gasteiger partial charge in [0.15, 0.2) is 0 Å². The van der Waals surface area contributed by atoms with Gasteiger partial charge in [-0.2, -0.15) is 0 Å². The van der Waals surface area contributed by atoms with E-state index in [9.17, 15) is 0 Å². The summed E-state index contributed by atoms with van der Waals surface area (Å²) >= 11 is 6.26. The molecule has 0 heterocycles. The van der Waals surface area contributed by atoms with Gasteiger partial charge in [-0.05, 0) is 49.8 Å². The van der Waals surface area contributed by atoms with E-state index in [-0.39, 0.29) is 0 Å². The average molecular weight is 266 g/mol. The van der Waals surface area contributed by atoms with Crippen molar-refractivity contribution in [2.75, 3.05) is 0 Å². The first-order chi connectivity index (χ1) is 8.66. The van der Waals surface area contributed by atoms with Crippen LogP contribution in [0.2, 0.25) is 5.02 Å². The molecule has 0 amide bonds. The van der Waals surface area contributed by atoms with Crippen molar-refractivity contribution in [1.82, 2.24) is 5.32 Å². The molecule has 1 fully saturated rings. The first kappa shape index (κ1) is 13.9. The topological polar surface area (TPSA) is 12.0 Å². The minimum atomic E-state index is 0.600. The minimum Gasteiger partial charge on any atom is -0.310 e. The Balaban J connectivity index is 1.86. The Kier molecular flexibility index (Phi) is 5.08. The van der Waals surface area contributed by atoms with Gasteiger partial charge in [0.1, 0.15) is 0 Å². The fourth-order valence-electron chi connectivity index (χ4n) is 2.87. The van der Waals surface area contributed by atoms with Crippen molar-refractivity contribution in [1.29, 1.82) is 0 Å². The SMILES string of the molecule is Cc1ccc(CNC(C)C2CCCCC2)c(Cl)c1. The zero-order chi connectivity index (χ0) is 13.0. The molecular weight excluding hydrogens is 242 g/mol. The van der Waals surface area contributed by atoms with Crippen LogP contribution in [-0.2, 0) is 6.54 Å². The second-order valence-corrected chi connectivity index (χ2v) is 6.07. The Morgan fingerprint density at radius 2 is 2.00 bits per heavy atom. The largest absolute Gasteiger partial charge is 0.310 e. The molecule has 0 radical (unpaired) electrons. The van der Waals surface area contributed by atoms with Crippen LogP contribution in [0.1, 0.15) is 50.2 Å². The van der Waals surface area contributed by atoms with Crippen LogP contribution in [0, 0.1) is 12.8 Å². The zero-order valence-corrected chi connectivity index (χ0v) is 12.3. The maximum Gasteiger partial charge on any atom is 0.0453 e. The van der Waals surface area contributed by atoms with Gasteiger partial charge in [-0.1, -0.05) is 43.0 Å². The summed E-state index contributed by atoms with van der Waals surface area (Å²) in [5, 5.41) is 4.53. The number of hydrogen-bond donors (Lipinski definition) is 1. The van der Waals surface area contributed by atoms with Gasteiger partial charge in [0.2, 0.25) is 0 Å². The first-order valence-electron chi connectivity index (χ1n) is 7.15. The van der Waals surface area contributed by atoms with Crippen molar-refractivity contribution in [3.8, 4) is 0 Å². The average Bonchev–Trinajstić information content (AvgIpc) is 2.38. The van der Waals surface area contributed by atoms with Crippen molar-refractivity contribution in [2.24, 2.45) is 5.92 Å². The fraction of sp³-hybridized carbons (Fsp3) is 0.625. The molecule has 1 N–H and O–H groups in total. The van der Waals surface area contributed by atoms with Gasteiger partial charge in [0.25, 0.3) is 0 Å². The van der Waals surface area contributed by atoms with Gasteiger partial charge in [-0.25, -0.2) is 0 Å². The fourth-order valence-corrected chi connectivity index (χ4v) is 3.17. The number of hydrogen-bond acceptors (Lipinski definition) is 1. The third-order valence-corrected chi connectivity index (χ3v) is 4.53. The molecule has 18 heavy (non-hydrogen) atoms. The highest BCUT2D eigenvalue weighted by Crippen LogP contribution is 2.26. The van der Waals surface area contributed by atoms with Crippen molar-refractivity contribution >= 4 is 11.6 Å². The zero-order valence-electron chi connectivity index (χ0n) is 11.5. The third kappa shape index (κ3) is 3.73. The van der Waals surface area contributed by atoms with Crippen LogP contribution in [0.15, 0.2) is 18.2 Å².